The predicted molar refractivity (Wildman–Crippen MR) is 617 cm³/mol. The number of benzene rings is 6. The van der Waals surface area contributed by atoms with E-state index in [1.807, 2.05) is 367 Å². The average molecular weight is 1970 g/mol. The quantitative estimate of drug-likeness (QED) is 0.0191. The highest BCUT2D eigenvalue weighted by molar-refractivity contribution is 7.81. The molecular formula is C122H212O14S2. The van der Waals surface area contributed by atoms with Crippen LogP contribution in [0.5, 0.6) is 69.0 Å². The molecule has 16 heteroatoms. The van der Waals surface area contributed by atoms with Gasteiger partial charge in [0.1, 0.15) is 139 Å². The Morgan fingerprint density at radius 3 is 0.514 bits per heavy atom. The van der Waals surface area contributed by atoms with Crippen molar-refractivity contribution in [2.24, 2.45) is 21.7 Å². The lowest BCUT2D eigenvalue weighted by Crippen LogP contribution is -2.38. The fourth-order valence-electron chi connectivity index (χ4n) is 10.0. The smallest absolute Gasteiger partial charge is 0.125 e. The third-order valence-electron chi connectivity index (χ3n) is 20.5. The summed E-state index contributed by atoms with van der Waals surface area (Å²) in [6, 6.07) is 23.9. The summed E-state index contributed by atoms with van der Waals surface area (Å²) in [7, 11) is 0. The van der Waals surface area contributed by atoms with E-state index in [2.05, 4.69) is 163 Å². The van der Waals surface area contributed by atoms with Crippen molar-refractivity contribution in [3.05, 3.63) is 212 Å². The lowest BCUT2D eigenvalue weighted by molar-refractivity contribution is -0.0246. The number of aliphatic hydroxyl groups excluding tert-OH is 1. The molecule has 0 aliphatic heterocycles. The Balaban J connectivity index is -0.000000198. The summed E-state index contributed by atoms with van der Waals surface area (Å²) in [4.78, 5) is 0. The minimum atomic E-state index is -0.875. The fraction of sp³-hybridized carbons (Fsp3) is 0.598. The number of aliphatic hydroxyl groups is 2. The van der Waals surface area contributed by atoms with Crippen molar-refractivity contribution in [3.63, 3.8) is 0 Å². The first-order valence-electron chi connectivity index (χ1n) is 50.9. The number of phenols is 1. The highest BCUT2D eigenvalue weighted by Crippen LogP contribution is 2.39. The van der Waals surface area contributed by atoms with Crippen molar-refractivity contribution in [1.29, 1.82) is 0 Å². The van der Waals surface area contributed by atoms with Gasteiger partial charge < -0.3 is 67.4 Å². The predicted octanol–water partition coefficient (Wildman–Crippen LogP) is 36.3. The van der Waals surface area contributed by atoms with E-state index in [9.17, 15) is 10.2 Å². The summed E-state index contributed by atoms with van der Waals surface area (Å²) in [5, 5.41) is 30.0. The normalized spacial score (nSPS) is 12.2. The zero-order chi connectivity index (χ0) is 110. The van der Waals surface area contributed by atoms with Gasteiger partial charge in [0.05, 0.1) is 11.7 Å². The first-order valence-corrected chi connectivity index (χ1v) is 51.9. The van der Waals surface area contributed by atoms with Crippen molar-refractivity contribution in [2.75, 3.05) is 39.6 Å². The number of rotatable bonds is 30. The van der Waals surface area contributed by atoms with Gasteiger partial charge in [0.15, 0.2) is 0 Å². The van der Waals surface area contributed by atoms with Gasteiger partial charge in [-0.05, 0) is 367 Å². The van der Waals surface area contributed by atoms with E-state index in [-0.39, 0.29) is 63.0 Å². The third kappa shape index (κ3) is 68.0. The van der Waals surface area contributed by atoms with Crippen LogP contribution in [0.25, 0.3) is 0 Å². The summed E-state index contributed by atoms with van der Waals surface area (Å²) in [5.41, 5.74) is 12.2. The summed E-state index contributed by atoms with van der Waals surface area (Å²) in [5.74, 6) is 10.2. The van der Waals surface area contributed by atoms with Crippen molar-refractivity contribution in [1.82, 2.24) is 0 Å². The molecule has 0 heterocycles. The van der Waals surface area contributed by atoms with Gasteiger partial charge in [-0.25, -0.2) is 0 Å². The van der Waals surface area contributed by atoms with Crippen LogP contribution in [0.4, 0.5) is 0 Å². The van der Waals surface area contributed by atoms with Crippen LogP contribution >= 0.6 is 24.8 Å². The van der Waals surface area contributed by atoms with Crippen LogP contribution in [0.3, 0.4) is 0 Å². The summed E-state index contributed by atoms with van der Waals surface area (Å²) in [6.45, 7) is 115. The third-order valence-corrected chi connectivity index (χ3v) is 20.9. The molecule has 138 heavy (non-hydrogen) atoms. The maximum absolute atomic E-state index is 9.97. The van der Waals surface area contributed by atoms with Crippen molar-refractivity contribution >= 4 is 30.2 Å². The maximum atomic E-state index is 9.97. The summed E-state index contributed by atoms with van der Waals surface area (Å²) in [6.07, 6.45) is 23.8. The highest BCUT2D eigenvalue weighted by atomic mass is 32.1. The number of ether oxygens (including phenoxy) is 11. The van der Waals surface area contributed by atoms with Crippen LogP contribution < -0.4 is 52.1 Å². The largest absolute Gasteiger partial charge is 0.507 e. The van der Waals surface area contributed by atoms with Crippen molar-refractivity contribution < 1.29 is 67.4 Å². The van der Waals surface area contributed by atoms with Gasteiger partial charge in [0.2, 0.25) is 0 Å². The molecule has 0 aliphatic rings. The number of hydrogen-bond acceptors (Lipinski definition) is 16. The van der Waals surface area contributed by atoms with Crippen LogP contribution in [0.1, 0.15) is 364 Å². The van der Waals surface area contributed by atoms with Crippen molar-refractivity contribution in [3.8, 4) is 69.0 Å². The Hall–Kier alpha value is -8.28. The highest BCUT2D eigenvalue weighted by Gasteiger charge is 2.29. The van der Waals surface area contributed by atoms with Crippen LogP contribution in [0.2, 0.25) is 0 Å². The molecule has 3 N–H and O–H groups in total. The molecule has 0 radical (unpaired) electrons. The molecule has 6 rings (SSSR count). The molecule has 0 bridgehead atoms. The van der Waals surface area contributed by atoms with Gasteiger partial charge in [-0.1, -0.05) is 265 Å². The molecule has 14 nitrogen and oxygen atoms in total. The molecule has 0 spiro atoms. The summed E-state index contributed by atoms with van der Waals surface area (Å²) < 4.78 is 64.1. The second-order valence-electron chi connectivity index (χ2n) is 37.1. The Morgan fingerprint density at radius 1 is 0.268 bits per heavy atom. The number of phenolic OH excluding ortho intramolecular Hbond substituents is 1. The first-order chi connectivity index (χ1) is 64.3. The topological polar surface area (TPSA) is 162 Å². The van der Waals surface area contributed by atoms with Crippen LogP contribution in [-0.4, -0.2) is 107 Å². The van der Waals surface area contributed by atoms with Crippen molar-refractivity contribution in [2.45, 2.75) is 428 Å². The number of hydrogen-bond donors (Lipinski definition) is 4. The van der Waals surface area contributed by atoms with E-state index in [1.165, 1.54) is 0 Å². The van der Waals surface area contributed by atoms with E-state index in [4.69, 9.17) is 57.2 Å². The molecular weight excluding hydrogens is 1750 g/mol. The van der Waals surface area contributed by atoms with Gasteiger partial charge in [0.25, 0.3) is 0 Å². The van der Waals surface area contributed by atoms with Crippen LogP contribution in [0, 0.1) is 105 Å². The van der Waals surface area contributed by atoms with Crippen LogP contribution in [-0.2, 0) is 0 Å². The van der Waals surface area contributed by atoms with Gasteiger partial charge in [-0.15, -0.1) is 0 Å². The molecule has 0 aliphatic carbocycles. The van der Waals surface area contributed by atoms with Gasteiger partial charge >= 0.3 is 0 Å². The Labute approximate surface area is 862 Å². The molecule has 6 unspecified atom stereocenters. The Bertz CT molecular complexity index is 3590. The molecule has 0 aromatic heterocycles. The molecule has 6 aromatic carbocycles. The SMILES string of the molecule is C/C=C/COc1cc(C)c(O)c(C)c1.C/C=C/COc1cc(C)c(OC(C)C(C)(C)C)c(C)c1.C/C=C/COc1cc(C)c(OC(C)C(C)(C)C)c(C)c1.C/C=C/COc1cc(C)c(OC(C)C(C)(C)C)c(C)c1.C/C=C/COc1cc(C)c(OC(C)C(C)(C)O)c(C)c1.C/C=C/COc1cc(C)c(OC(C)C(C)(C)S)c(C)c1.CC.CC.CC.CC.CC.CC.CC.CC(O)C(C)(C)C.CC=S. The number of aryl methyl sites for hydroxylation is 12. The number of thiol groups is 1. The number of allylic oxidation sites excluding steroid dienone is 6. The van der Waals surface area contributed by atoms with Gasteiger partial charge in [0, 0.05) is 4.75 Å². The lowest BCUT2D eigenvalue weighted by atomic mass is 9.90. The molecule has 0 amide bonds. The van der Waals surface area contributed by atoms with Gasteiger partial charge in [-0.3, -0.25) is 0 Å². The Kier molecular flexibility index (Phi) is 88.0. The first kappa shape index (κ1) is 147. The number of thiocarbonyl (C=S) groups is 1. The van der Waals surface area contributed by atoms with E-state index < -0.39 is 5.60 Å². The minimum absolute atomic E-state index is 0.0260. The maximum Gasteiger partial charge on any atom is 0.125 e. The zero-order valence-corrected chi connectivity index (χ0v) is 101. The molecule has 0 fully saturated rings. The average Bonchev–Trinajstić information content (AvgIpc) is 0.836. The van der Waals surface area contributed by atoms with E-state index >= 15 is 0 Å². The van der Waals surface area contributed by atoms with E-state index in [0.29, 0.717) is 45.4 Å². The monoisotopic (exact) mass is 1970 g/mol. The second-order valence-corrected chi connectivity index (χ2v) is 38.7. The molecule has 6 aromatic rings. The van der Waals surface area contributed by atoms with E-state index in [0.717, 1.165) is 130 Å². The zero-order valence-electron chi connectivity index (χ0n) is 98.8. The second kappa shape index (κ2) is 82.3. The number of aromatic hydroxyl groups is 1. The molecule has 0 saturated carbocycles. The van der Waals surface area contributed by atoms with Gasteiger partial charge in [-0.2, -0.15) is 12.6 Å². The minimum Gasteiger partial charge on any atom is -0.507 e. The Morgan fingerprint density at radius 2 is 0.399 bits per heavy atom. The fourth-order valence-corrected chi connectivity index (χ4v) is 10.1. The van der Waals surface area contributed by atoms with E-state index in [1.54, 1.807) is 26.1 Å². The molecule has 6 atom stereocenters. The standard InChI is InChI=1S/3C18H28O2.C17H26O3.C17H26O2S.C12H16O2.C6H14O.C2H4S.7C2H6/c3*1-8-9-10-19-16-11-13(2)17(14(3)12-16)20-15(4)18(5,6)7;1-7-8-9-19-15-10-12(2)16(13(3)11-15)20-14(4)17(5,6)18;1-7-8-9-18-15-10-12(2)16(13(3)11-15)19-14(4)17(5,6)20;1-4-5-6-14-11-7-9(2)12(13)10(3)8-11;1-5(7)6(2,3)4;1-2-3;7*1-2/h3*8-9,11-12,15H,10H2,1-7H3;7-8,10-11,14,18H,9H2,1-6H3;7-8,10-11,14,20H,9H2,1-6H3;4-5,7-8,13H,6H2,1-3H3;5,7H,1-4H3;2H,1H3;7*1-2H3/b3*9-8+;2*8-7+;5-4+;;;;;;;;;. The van der Waals surface area contributed by atoms with Crippen LogP contribution in [0.15, 0.2) is 146 Å². The molecule has 0 saturated heterocycles. The molecule has 796 valence electrons. The summed E-state index contributed by atoms with van der Waals surface area (Å²) >= 11 is 8.84. The lowest BCUT2D eigenvalue weighted by Gasteiger charge is -2.29.